The molecule has 0 fully saturated rings. The van der Waals surface area contributed by atoms with Gasteiger partial charge in [0.05, 0.1) is 11.0 Å². The van der Waals surface area contributed by atoms with E-state index in [1.165, 1.54) is 6.92 Å². The van der Waals surface area contributed by atoms with Crippen LogP contribution in [0.15, 0.2) is 72.8 Å². The zero-order valence-corrected chi connectivity index (χ0v) is 18.1. The maximum absolute atomic E-state index is 12.8. The van der Waals surface area contributed by atoms with Crippen molar-refractivity contribution in [2.45, 2.75) is 20.1 Å². The Morgan fingerprint density at radius 1 is 0.969 bits per heavy atom. The predicted octanol–water partition coefficient (Wildman–Crippen LogP) is 4.87. The second-order valence-corrected chi connectivity index (χ2v) is 7.59. The molecule has 0 radical (unpaired) electrons. The van der Waals surface area contributed by atoms with Gasteiger partial charge >= 0.3 is 0 Å². The van der Waals surface area contributed by atoms with E-state index in [9.17, 15) is 9.59 Å². The number of benzene rings is 3. The molecule has 0 aliphatic heterocycles. The van der Waals surface area contributed by atoms with Crippen molar-refractivity contribution < 1.29 is 14.3 Å². The lowest BCUT2D eigenvalue weighted by Gasteiger charge is -2.12. The Morgan fingerprint density at radius 2 is 1.69 bits per heavy atom. The van der Waals surface area contributed by atoms with Crippen LogP contribution < -0.4 is 15.4 Å². The highest BCUT2D eigenvalue weighted by atomic mass is 35.5. The number of halogens is 1. The number of anilines is 2. The third-order valence-corrected chi connectivity index (χ3v) is 4.94. The number of amides is 2. The summed E-state index contributed by atoms with van der Waals surface area (Å²) in [6.07, 6.45) is 0. The Bertz CT molecular complexity index is 1270. The molecule has 0 bridgehead atoms. The standard InChI is InChI=1S/C24H21ClN4O3/c1-16(30)26-18-5-4-6-19(13-18)27-24(31)14-29-22-8-3-2-7-21(22)28-23(29)15-32-20-11-9-17(25)10-12-20/h2-13H,14-15H2,1H3,(H,26,30)(H,27,31). The topological polar surface area (TPSA) is 85.2 Å². The first-order valence-electron chi connectivity index (χ1n) is 9.98. The van der Waals surface area contributed by atoms with E-state index in [4.69, 9.17) is 16.3 Å². The predicted molar refractivity (Wildman–Crippen MR) is 125 cm³/mol. The van der Waals surface area contributed by atoms with Crippen molar-refractivity contribution in [2.75, 3.05) is 10.6 Å². The molecule has 32 heavy (non-hydrogen) atoms. The molecular formula is C24H21ClN4O3. The van der Waals surface area contributed by atoms with Gasteiger partial charge in [-0.2, -0.15) is 0 Å². The van der Waals surface area contributed by atoms with Gasteiger partial charge in [-0.15, -0.1) is 0 Å². The van der Waals surface area contributed by atoms with Gasteiger partial charge in [-0.1, -0.05) is 29.8 Å². The smallest absolute Gasteiger partial charge is 0.244 e. The van der Waals surface area contributed by atoms with Gasteiger partial charge in [0, 0.05) is 23.3 Å². The molecule has 2 amide bonds. The number of ether oxygens (including phenoxy) is 1. The second kappa shape index (κ2) is 9.53. The molecular weight excluding hydrogens is 428 g/mol. The second-order valence-electron chi connectivity index (χ2n) is 7.16. The fourth-order valence-corrected chi connectivity index (χ4v) is 3.44. The van der Waals surface area contributed by atoms with Crippen LogP contribution in [0.4, 0.5) is 11.4 Å². The van der Waals surface area contributed by atoms with Crippen LogP contribution in [0.1, 0.15) is 12.7 Å². The number of carbonyl (C=O) groups excluding carboxylic acids is 2. The minimum absolute atomic E-state index is 0.0597. The number of aromatic nitrogens is 2. The summed E-state index contributed by atoms with van der Waals surface area (Å²) in [5.41, 5.74) is 2.82. The third-order valence-electron chi connectivity index (χ3n) is 4.68. The number of rotatable bonds is 7. The lowest BCUT2D eigenvalue weighted by molar-refractivity contribution is -0.117. The van der Waals surface area contributed by atoms with Crippen LogP contribution in [0, 0.1) is 0 Å². The summed E-state index contributed by atoms with van der Waals surface area (Å²) < 4.78 is 7.69. The minimum atomic E-state index is -0.221. The van der Waals surface area contributed by atoms with Gasteiger partial charge in [0.15, 0.2) is 0 Å². The zero-order valence-electron chi connectivity index (χ0n) is 17.3. The molecule has 2 N–H and O–H groups in total. The Kier molecular flexibility index (Phi) is 6.37. The van der Waals surface area contributed by atoms with Gasteiger partial charge in [-0.05, 0) is 54.6 Å². The summed E-state index contributed by atoms with van der Waals surface area (Å²) >= 11 is 5.93. The molecule has 0 saturated heterocycles. The first-order valence-corrected chi connectivity index (χ1v) is 10.4. The first-order chi connectivity index (χ1) is 15.5. The molecule has 3 aromatic carbocycles. The van der Waals surface area contributed by atoms with E-state index in [0.29, 0.717) is 28.0 Å². The van der Waals surface area contributed by atoms with Crippen LogP contribution in [-0.2, 0) is 22.7 Å². The molecule has 162 valence electrons. The number of fused-ring (bicyclic) bond motifs is 1. The van der Waals surface area contributed by atoms with Gasteiger partial charge in [-0.25, -0.2) is 4.98 Å². The monoisotopic (exact) mass is 448 g/mol. The molecule has 0 spiro atoms. The summed E-state index contributed by atoms with van der Waals surface area (Å²) in [4.78, 5) is 28.7. The fourth-order valence-electron chi connectivity index (χ4n) is 3.31. The van der Waals surface area contributed by atoms with Crippen molar-refractivity contribution >= 4 is 45.8 Å². The quantitative estimate of drug-likeness (QED) is 0.422. The van der Waals surface area contributed by atoms with Crippen LogP contribution >= 0.6 is 11.6 Å². The summed E-state index contributed by atoms with van der Waals surface area (Å²) in [5.74, 6) is 0.889. The van der Waals surface area contributed by atoms with E-state index in [0.717, 1.165) is 11.0 Å². The molecule has 0 saturated carbocycles. The third kappa shape index (κ3) is 5.25. The van der Waals surface area contributed by atoms with Crippen molar-refractivity contribution in [3.63, 3.8) is 0 Å². The van der Waals surface area contributed by atoms with Crippen LogP contribution in [0.25, 0.3) is 11.0 Å². The van der Waals surface area contributed by atoms with Crippen molar-refractivity contribution in [1.82, 2.24) is 9.55 Å². The van der Waals surface area contributed by atoms with Crippen LogP contribution in [0.3, 0.4) is 0 Å². The lowest BCUT2D eigenvalue weighted by atomic mass is 10.2. The van der Waals surface area contributed by atoms with Gasteiger partial charge in [0.1, 0.15) is 24.7 Å². The van der Waals surface area contributed by atoms with Crippen molar-refractivity contribution in [3.8, 4) is 5.75 Å². The number of nitrogens with one attached hydrogen (secondary N) is 2. The maximum atomic E-state index is 12.8. The van der Waals surface area contributed by atoms with Gasteiger partial charge in [-0.3, -0.25) is 9.59 Å². The number of hydrogen-bond acceptors (Lipinski definition) is 4. The Labute approximate surface area is 190 Å². The highest BCUT2D eigenvalue weighted by Crippen LogP contribution is 2.21. The summed E-state index contributed by atoms with van der Waals surface area (Å²) in [6.45, 7) is 1.69. The molecule has 4 rings (SSSR count). The van der Waals surface area contributed by atoms with E-state index < -0.39 is 0 Å². The van der Waals surface area contributed by atoms with Crippen molar-refractivity contribution in [3.05, 3.63) is 83.6 Å². The van der Waals surface area contributed by atoms with Crippen LogP contribution in [0.2, 0.25) is 5.02 Å². The van der Waals surface area contributed by atoms with Gasteiger partial charge in [0.25, 0.3) is 0 Å². The molecule has 1 aromatic heterocycles. The van der Waals surface area contributed by atoms with E-state index in [1.807, 2.05) is 28.8 Å². The van der Waals surface area contributed by atoms with E-state index in [-0.39, 0.29) is 25.0 Å². The first kappa shape index (κ1) is 21.4. The normalized spacial score (nSPS) is 10.7. The van der Waals surface area contributed by atoms with Crippen molar-refractivity contribution in [2.24, 2.45) is 0 Å². The van der Waals surface area contributed by atoms with Crippen LogP contribution in [0.5, 0.6) is 5.75 Å². The molecule has 1 heterocycles. The van der Waals surface area contributed by atoms with Crippen LogP contribution in [-0.4, -0.2) is 21.4 Å². The highest BCUT2D eigenvalue weighted by Gasteiger charge is 2.15. The molecule has 0 aliphatic carbocycles. The average molecular weight is 449 g/mol. The largest absolute Gasteiger partial charge is 0.486 e. The molecule has 4 aromatic rings. The van der Waals surface area contributed by atoms with E-state index >= 15 is 0 Å². The lowest BCUT2D eigenvalue weighted by Crippen LogP contribution is -2.21. The molecule has 0 atom stereocenters. The average Bonchev–Trinajstić information content (AvgIpc) is 3.10. The van der Waals surface area contributed by atoms with E-state index in [1.54, 1.807) is 48.5 Å². The van der Waals surface area contributed by atoms with E-state index in [2.05, 4.69) is 15.6 Å². The number of para-hydroxylation sites is 2. The summed E-state index contributed by atoms with van der Waals surface area (Å²) in [6, 6.07) is 21.7. The Balaban J connectivity index is 1.52. The molecule has 7 nitrogen and oxygen atoms in total. The fraction of sp³-hybridized carbons (Fsp3) is 0.125. The SMILES string of the molecule is CC(=O)Nc1cccc(NC(=O)Cn2c(COc3ccc(Cl)cc3)nc3ccccc32)c1. The maximum Gasteiger partial charge on any atom is 0.244 e. The highest BCUT2D eigenvalue weighted by molar-refractivity contribution is 6.30. The number of imidazole rings is 1. The Morgan fingerprint density at radius 3 is 2.44 bits per heavy atom. The molecule has 0 unspecified atom stereocenters. The van der Waals surface area contributed by atoms with Crippen molar-refractivity contribution in [1.29, 1.82) is 0 Å². The summed E-state index contributed by atoms with van der Waals surface area (Å²) in [5, 5.41) is 6.20. The van der Waals surface area contributed by atoms with Gasteiger partial charge in [0.2, 0.25) is 11.8 Å². The number of hydrogen-bond donors (Lipinski definition) is 2. The minimum Gasteiger partial charge on any atom is -0.486 e. The summed E-state index contributed by atoms with van der Waals surface area (Å²) in [7, 11) is 0. The zero-order chi connectivity index (χ0) is 22.5. The van der Waals surface area contributed by atoms with Gasteiger partial charge < -0.3 is 19.9 Å². The number of carbonyl (C=O) groups is 2. The number of nitrogens with zero attached hydrogens (tertiary/aromatic N) is 2. The Hall–Kier alpha value is -3.84. The molecule has 8 heteroatoms. The molecule has 0 aliphatic rings.